The highest BCUT2D eigenvalue weighted by Gasteiger charge is 2.35. The number of hydrogen-bond acceptors (Lipinski definition) is 2. The highest BCUT2D eigenvalue weighted by Crippen LogP contribution is 2.32. The molecule has 1 saturated heterocycles. The van der Waals surface area contributed by atoms with Gasteiger partial charge in [0.1, 0.15) is 0 Å². The van der Waals surface area contributed by atoms with Crippen molar-refractivity contribution >= 4 is 37.6 Å². The molecule has 2 unspecified atom stereocenters. The molecule has 1 aliphatic heterocycles. The molecule has 106 valence electrons. The van der Waals surface area contributed by atoms with Gasteiger partial charge in [-0.05, 0) is 60.8 Å². The van der Waals surface area contributed by atoms with Crippen LogP contribution in [0.1, 0.15) is 33.1 Å². The zero-order valence-corrected chi connectivity index (χ0v) is 14.1. The van der Waals surface area contributed by atoms with Crippen LogP contribution in [-0.4, -0.2) is 24.8 Å². The fourth-order valence-electron chi connectivity index (χ4n) is 2.63. The summed E-state index contributed by atoms with van der Waals surface area (Å²) >= 11 is 9.20. The largest absolute Gasteiger partial charge is 0.243 e. The number of rotatable bonds is 2. The lowest BCUT2D eigenvalue weighted by Crippen LogP contribution is -2.47. The molecule has 1 aromatic rings. The van der Waals surface area contributed by atoms with Crippen molar-refractivity contribution in [3.05, 3.63) is 27.7 Å². The minimum atomic E-state index is -3.45. The Kier molecular flexibility index (Phi) is 4.60. The average Bonchev–Trinajstić information content (AvgIpc) is 2.32. The van der Waals surface area contributed by atoms with Crippen LogP contribution in [0.3, 0.4) is 0 Å². The fraction of sp³-hybridized carbons (Fsp3) is 0.538. The van der Waals surface area contributed by atoms with E-state index in [2.05, 4.69) is 15.9 Å². The smallest absolute Gasteiger partial charge is 0.207 e. The number of sulfonamides is 1. The second kappa shape index (κ2) is 5.72. The molecule has 1 heterocycles. The molecular weight excluding hydrogens is 350 g/mol. The number of piperidine rings is 1. The molecule has 6 heteroatoms. The van der Waals surface area contributed by atoms with Crippen molar-refractivity contribution < 1.29 is 8.42 Å². The molecule has 0 aromatic heterocycles. The van der Waals surface area contributed by atoms with Gasteiger partial charge in [0, 0.05) is 16.6 Å². The first-order valence-corrected chi connectivity index (χ1v) is 8.93. The van der Waals surface area contributed by atoms with Crippen molar-refractivity contribution in [2.24, 2.45) is 0 Å². The van der Waals surface area contributed by atoms with Crippen LogP contribution >= 0.6 is 27.5 Å². The summed E-state index contributed by atoms with van der Waals surface area (Å²) in [5.74, 6) is 0. The average molecular weight is 367 g/mol. The standard InChI is InChI=1S/C13H17BrClNO2S/c1-9-4-3-5-10(2)16(9)19(17,18)11-6-7-13(15)12(14)8-11/h6-10H,3-5H2,1-2H3. The number of nitrogens with zero attached hydrogens (tertiary/aromatic N) is 1. The molecular formula is C13H17BrClNO2S. The van der Waals surface area contributed by atoms with E-state index in [-0.39, 0.29) is 12.1 Å². The second-order valence-electron chi connectivity index (χ2n) is 5.04. The van der Waals surface area contributed by atoms with E-state index in [9.17, 15) is 8.42 Å². The number of hydrogen-bond donors (Lipinski definition) is 0. The van der Waals surface area contributed by atoms with E-state index in [4.69, 9.17) is 11.6 Å². The van der Waals surface area contributed by atoms with Gasteiger partial charge in [-0.2, -0.15) is 4.31 Å². The van der Waals surface area contributed by atoms with E-state index in [1.807, 2.05) is 13.8 Å². The Hall–Kier alpha value is -0.100. The van der Waals surface area contributed by atoms with Gasteiger partial charge in [-0.25, -0.2) is 8.42 Å². The first-order chi connectivity index (χ1) is 8.84. The zero-order chi connectivity index (χ0) is 14.2. The first kappa shape index (κ1) is 15.3. The van der Waals surface area contributed by atoms with Crippen LogP contribution < -0.4 is 0 Å². The summed E-state index contributed by atoms with van der Waals surface area (Å²) in [6.07, 6.45) is 2.91. The third kappa shape index (κ3) is 2.99. The molecule has 0 spiro atoms. The van der Waals surface area contributed by atoms with Gasteiger partial charge in [-0.1, -0.05) is 18.0 Å². The lowest BCUT2D eigenvalue weighted by Gasteiger charge is -2.37. The number of benzene rings is 1. The van der Waals surface area contributed by atoms with Gasteiger partial charge in [-0.15, -0.1) is 0 Å². The summed E-state index contributed by atoms with van der Waals surface area (Å²) in [6.45, 7) is 3.94. The molecule has 0 N–H and O–H groups in total. The molecule has 0 saturated carbocycles. The third-order valence-corrected chi connectivity index (χ3v) is 6.92. The molecule has 0 bridgehead atoms. The van der Waals surface area contributed by atoms with E-state index >= 15 is 0 Å². The predicted molar refractivity (Wildman–Crippen MR) is 81.0 cm³/mol. The normalized spacial score (nSPS) is 25.5. The number of halogens is 2. The molecule has 0 aliphatic carbocycles. The Labute approximate surface area is 128 Å². The second-order valence-corrected chi connectivity index (χ2v) is 8.14. The van der Waals surface area contributed by atoms with Gasteiger partial charge in [0.2, 0.25) is 10.0 Å². The van der Waals surface area contributed by atoms with Crippen LogP contribution in [0.25, 0.3) is 0 Å². The Balaban J connectivity index is 2.43. The van der Waals surface area contributed by atoms with Gasteiger partial charge in [0.15, 0.2) is 0 Å². The fourth-order valence-corrected chi connectivity index (χ4v) is 5.19. The predicted octanol–water partition coefficient (Wildman–Crippen LogP) is 4.05. The SMILES string of the molecule is CC1CCCC(C)N1S(=O)(=O)c1ccc(Cl)c(Br)c1. The van der Waals surface area contributed by atoms with Gasteiger partial charge in [0.05, 0.1) is 9.92 Å². The van der Waals surface area contributed by atoms with Gasteiger partial charge >= 0.3 is 0 Å². The van der Waals surface area contributed by atoms with Crippen molar-refractivity contribution in [3.8, 4) is 0 Å². The topological polar surface area (TPSA) is 37.4 Å². The summed E-state index contributed by atoms with van der Waals surface area (Å²) < 4.78 is 27.7. The van der Waals surface area contributed by atoms with Crippen molar-refractivity contribution in [2.75, 3.05) is 0 Å². The summed E-state index contributed by atoms with van der Waals surface area (Å²) in [7, 11) is -3.45. The molecule has 19 heavy (non-hydrogen) atoms. The monoisotopic (exact) mass is 365 g/mol. The van der Waals surface area contributed by atoms with Crippen molar-refractivity contribution in [2.45, 2.75) is 50.1 Å². The summed E-state index contributed by atoms with van der Waals surface area (Å²) in [4.78, 5) is 0.296. The maximum Gasteiger partial charge on any atom is 0.243 e. The van der Waals surface area contributed by atoms with Gasteiger partial charge in [0.25, 0.3) is 0 Å². The highest BCUT2D eigenvalue weighted by atomic mass is 79.9. The lowest BCUT2D eigenvalue weighted by atomic mass is 10.0. The molecule has 0 amide bonds. The Morgan fingerprint density at radius 3 is 2.37 bits per heavy atom. The van der Waals surface area contributed by atoms with Crippen molar-refractivity contribution in [1.82, 2.24) is 4.31 Å². The molecule has 2 rings (SSSR count). The van der Waals surface area contributed by atoms with Crippen LogP contribution in [-0.2, 0) is 10.0 Å². The minimum absolute atomic E-state index is 0.0446. The molecule has 1 aliphatic rings. The third-order valence-electron chi connectivity index (χ3n) is 3.58. The summed E-state index contributed by atoms with van der Waals surface area (Å²) in [5.41, 5.74) is 0. The molecule has 0 radical (unpaired) electrons. The summed E-state index contributed by atoms with van der Waals surface area (Å²) in [5, 5.41) is 0.513. The quantitative estimate of drug-likeness (QED) is 0.791. The van der Waals surface area contributed by atoms with Gasteiger partial charge in [-0.3, -0.25) is 0 Å². The lowest BCUT2D eigenvalue weighted by molar-refractivity contribution is 0.204. The molecule has 1 fully saturated rings. The van der Waals surface area contributed by atoms with Gasteiger partial charge < -0.3 is 0 Å². The maximum absolute atomic E-state index is 12.7. The highest BCUT2D eigenvalue weighted by molar-refractivity contribution is 9.10. The zero-order valence-electron chi connectivity index (χ0n) is 10.9. The van der Waals surface area contributed by atoms with Crippen LogP contribution in [0.15, 0.2) is 27.6 Å². The van der Waals surface area contributed by atoms with Crippen LogP contribution in [0, 0.1) is 0 Å². The Bertz CT molecular complexity index is 566. The minimum Gasteiger partial charge on any atom is -0.207 e. The van der Waals surface area contributed by atoms with Crippen molar-refractivity contribution in [3.63, 3.8) is 0 Å². The van der Waals surface area contributed by atoms with Crippen LogP contribution in [0.5, 0.6) is 0 Å². The Morgan fingerprint density at radius 2 is 1.84 bits per heavy atom. The van der Waals surface area contributed by atoms with Crippen molar-refractivity contribution in [1.29, 1.82) is 0 Å². The van der Waals surface area contributed by atoms with Crippen LogP contribution in [0.4, 0.5) is 0 Å². The Morgan fingerprint density at radius 1 is 1.26 bits per heavy atom. The van der Waals surface area contributed by atoms with E-state index in [0.717, 1.165) is 19.3 Å². The van der Waals surface area contributed by atoms with E-state index in [1.54, 1.807) is 22.5 Å². The molecule has 1 aromatic carbocycles. The maximum atomic E-state index is 12.7. The van der Waals surface area contributed by atoms with E-state index < -0.39 is 10.0 Å². The molecule has 2 atom stereocenters. The van der Waals surface area contributed by atoms with E-state index in [1.165, 1.54) is 0 Å². The molecule has 3 nitrogen and oxygen atoms in total. The summed E-state index contributed by atoms with van der Waals surface area (Å²) in [6, 6.07) is 4.84. The first-order valence-electron chi connectivity index (χ1n) is 6.32. The van der Waals surface area contributed by atoms with E-state index in [0.29, 0.717) is 14.4 Å². The van der Waals surface area contributed by atoms with Crippen LogP contribution in [0.2, 0.25) is 5.02 Å².